The van der Waals surface area contributed by atoms with Crippen LogP contribution in [0.2, 0.25) is 0 Å². The van der Waals surface area contributed by atoms with E-state index in [-0.39, 0.29) is 0 Å². The van der Waals surface area contributed by atoms with E-state index in [4.69, 9.17) is 14.9 Å². The van der Waals surface area contributed by atoms with Crippen molar-refractivity contribution in [2.45, 2.75) is 10.9 Å². The molecule has 2 aliphatic rings. The third-order valence-electron chi connectivity index (χ3n) is 7.22. The van der Waals surface area contributed by atoms with Gasteiger partial charge < -0.3 is 14.9 Å². The predicted molar refractivity (Wildman–Crippen MR) is 174 cm³/mol. The molecule has 1 aromatic heterocycles. The number of hydrogen-bond acceptors (Lipinski definition) is 4. The molecule has 200 valence electrons. The second-order valence-corrected chi connectivity index (χ2v) is 10.8. The number of para-hydroxylation sites is 1. The molecular weight excluding hydrogens is 522 g/mol. The third-order valence-corrected chi connectivity index (χ3v) is 8.19. The van der Waals surface area contributed by atoms with E-state index in [9.17, 15) is 0 Å². The number of rotatable bonds is 3. The lowest BCUT2D eigenvalue weighted by molar-refractivity contribution is 0.396. The van der Waals surface area contributed by atoms with Crippen LogP contribution in [-0.2, 0) is 4.74 Å². The fourth-order valence-electron chi connectivity index (χ4n) is 4.96. The molecular formula is C37H29NO2S. The van der Waals surface area contributed by atoms with Crippen molar-refractivity contribution >= 4 is 39.3 Å². The molecule has 2 aliphatic heterocycles. The van der Waals surface area contributed by atoms with Crippen LogP contribution in [0.15, 0.2) is 167 Å². The molecule has 0 aliphatic carbocycles. The molecule has 3 aromatic carbocycles. The van der Waals surface area contributed by atoms with Crippen molar-refractivity contribution in [1.29, 1.82) is 0 Å². The second-order valence-electron chi connectivity index (χ2n) is 9.86. The first-order valence-electron chi connectivity index (χ1n) is 13.3. The summed E-state index contributed by atoms with van der Waals surface area (Å²) in [5, 5.41) is 4.15. The Kier molecular flexibility index (Phi) is 7.34. The predicted octanol–water partition coefficient (Wildman–Crippen LogP) is 10.1. The SMILES string of the molecule is C=C1/C=C\C=C/O/C=C(C(N)c2ccc3oc4c(-c5cccc6c5S/C=C\C=C/C6=C)cccc4c3c2)\C=C/C1=C. The van der Waals surface area contributed by atoms with E-state index in [1.807, 2.05) is 54.7 Å². The van der Waals surface area contributed by atoms with Crippen LogP contribution < -0.4 is 5.73 Å². The quantitative estimate of drug-likeness (QED) is 0.275. The van der Waals surface area contributed by atoms with Crippen LogP contribution in [0.1, 0.15) is 17.2 Å². The molecule has 4 aromatic rings. The molecule has 0 radical (unpaired) electrons. The van der Waals surface area contributed by atoms with Gasteiger partial charge in [-0.15, -0.1) is 0 Å². The number of benzene rings is 3. The van der Waals surface area contributed by atoms with Gasteiger partial charge in [0.1, 0.15) is 11.2 Å². The molecule has 4 heteroatoms. The Morgan fingerprint density at radius 3 is 2.37 bits per heavy atom. The molecule has 0 amide bonds. The number of ether oxygens (including phenoxy) is 1. The van der Waals surface area contributed by atoms with Crippen LogP contribution >= 0.6 is 11.8 Å². The molecule has 0 bridgehead atoms. The highest BCUT2D eigenvalue weighted by Gasteiger charge is 2.19. The van der Waals surface area contributed by atoms with Gasteiger partial charge in [-0.1, -0.05) is 116 Å². The van der Waals surface area contributed by atoms with Crippen molar-refractivity contribution in [2.24, 2.45) is 5.73 Å². The number of hydrogen-bond donors (Lipinski definition) is 1. The zero-order valence-electron chi connectivity index (χ0n) is 22.5. The average molecular weight is 552 g/mol. The first kappa shape index (κ1) is 26.5. The van der Waals surface area contributed by atoms with Crippen LogP contribution in [0.4, 0.5) is 0 Å². The zero-order valence-corrected chi connectivity index (χ0v) is 23.4. The van der Waals surface area contributed by atoms with Gasteiger partial charge in [0.25, 0.3) is 0 Å². The van der Waals surface area contributed by atoms with E-state index in [0.29, 0.717) is 0 Å². The maximum atomic E-state index is 6.80. The number of nitrogens with two attached hydrogens (primary N) is 1. The fourth-order valence-corrected chi connectivity index (χ4v) is 5.90. The molecule has 0 spiro atoms. The molecule has 3 nitrogen and oxygen atoms in total. The van der Waals surface area contributed by atoms with Gasteiger partial charge in [0.05, 0.1) is 18.6 Å². The summed E-state index contributed by atoms with van der Waals surface area (Å²) in [6.45, 7) is 12.5. The van der Waals surface area contributed by atoms with E-state index in [2.05, 4.69) is 67.6 Å². The van der Waals surface area contributed by atoms with Crippen molar-refractivity contribution in [2.75, 3.05) is 0 Å². The van der Waals surface area contributed by atoms with Crippen molar-refractivity contribution in [3.63, 3.8) is 0 Å². The minimum atomic E-state index is -0.428. The summed E-state index contributed by atoms with van der Waals surface area (Å²) in [5.41, 5.74) is 16.1. The normalized spacial score (nSPS) is 21.4. The average Bonchev–Trinajstić information content (AvgIpc) is 3.35. The lowest BCUT2D eigenvalue weighted by Gasteiger charge is -2.15. The lowest BCUT2D eigenvalue weighted by Crippen LogP contribution is -2.12. The van der Waals surface area contributed by atoms with Gasteiger partial charge >= 0.3 is 0 Å². The molecule has 0 fully saturated rings. The molecule has 2 N–H and O–H groups in total. The van der Waals surface area contributed by atoms with Crippen LogP contribution in [0.3, 0.4) is 0 Å². The van der Waals surface area contributed by atoms with Crippen LogP contribution in [0.25, 0.3) is 38.6 Å². The summed E-state index contributed by atoms with van der Waals surface area (Å²) >= 11 is 1.70. The number of furan rings is 1. The number of thioether (sulfide) groups is 1. The largest absolute Gasteiger partial charge is 0.472 e. The second kappa shape index (κ2) is 11.4. The Balaban J connectivity index is 1.43. The zero-order chi connectivity index (χ0) is 28.3. The molecule has 0 saturated heterocycles. The summed E-state index contributed by atoms with van der Waals surface area (Å²) in [5.74, 6) is 0. The fraction of sp³-hybridized carbons (Fsp3) is 0.0270. The monoisotopic (exact) mass is 551 g/mol. The van der Waals surface area contributed by atoms with Gasteiger partial charge in [-0.25, -0.2) is 0 Å². The summed E-state index contributed by atoms with van der Waals surface area (Å²) in [6.07, 6.45) is 18.8. The van der Waals surface area contributed by atoms with E-state index in [1.54, 1.807) is 30.4 Å². The van der Waals surface area contributed by atoms with E-state index < -0.39 is 6.04 Å². The molecule has 41 heavy (non-hydrogen) atoms. The first-order chi connectivity index (χ1) is 20.0. The van der Waals surface area contributed by atoms with Gasteiger partial charge in [-0.05, 0) is 57.0 Å². The maximum absolute atomic E-state index is 6.80. The summed E-state index contributed by atoms with van der Waals surface area (Å²) in [7, 11) is 0. The van der Waals surface area contributed by atoms with Crippen LogP contribution in [0.5, 0.6) is 0 Å². The molecule has 6 rings (SSSR count). The van der Waals surface area contributed by atoms with Crippen molar-refractivity contribution in [1.82, 2.24) is 0 Å². The molecule has 0 saturated carbocycles. The van der Waals surface area contributed by atoms with Gasteiger partial charge in [-0.3, -0.25) is 0 Å². The lowest BCUT2D eigenvalue weighted by atomic mass is 9.96. The Morgan fingerprint density at radius 1 is 0.707 bits per heavy atom. The Hall–Kier alpha value is -4.77. The van der Waals surface area contributed by atoms with Gasteiger partial charge in [0.2, 0.25) is 0 Å². The molecule has 1 atom stereocenters. The Bertz CT molecular complexity index is 1910. The molecule has 1 unspecified atom stereocenters. The minimum absolute atomic E-state index is 0.428. The number of fused-ring (bicyclic) bond motifs is 4. The Labute approximate surface area is 244 Å². The minimum Gasteiger partial charge on any atom is -0.472 e. The summed E-state index contributed by atoms with van der Waals surface area (Å²) < 4.78 is 12.2. The van der Waals surface area contributed by atoms with E-state index >= 15 is 0 Å². The van der Waals surface area contributed by atoms with Crippen molar-refractivity contribution in [3.05, 3.63) is 169 Å². The first-order valence-corrected chi connectivity index (χ1v) is 14.2. The van der Waals surface area contributed by atoms with E-state index in [0.717, 1.165) is 71.4 Å². The highest BCUT2D eigenvalue weighted by atomic mass is 32.2. The topological polar surface area (TPSA) is 48.4 Å². The van der Waals surface area contributed by atoms with Gasteiger partial charge in [0.15, 0.2) is 0 Å². The standard InChI is InChI=1S/C37H29NO2S/c1-24-10-4-6-20-39-23-28(17-16-25(24)2)35(38)27-18-19-34-33(22-27)31-14-9-13-30(36(31)40-34)32-15-8-12-29-26(3)11-5-7-21-41-37(29)32/h4-23,35H,1-3,38H2/b10-4-,11-5-,17-16-,20-6-,21-7-,28-23+. The van der Waals surface area contributed by atoms with Crippen LogP contribution in [0, 0.1) is 0 Å². The highest BCUT2D eigenvalue weighted by Crippen LogP contribution is 2.43. The highest BCUT2D eigenvalue weighted by molar-refractivity contribution is 8.02. The van der Waals surface area contributed by atoms with Crippen LogP contribution in [-0.4, -0.2) is 0 Å². The van der Waals surface area contributed by atoms with Gasteiger partial charge in [0, 0.05) is 26.8 Å². The summed E-state index contributed by atoms with van der Waals surface area (Å²) in [6, 6.07) is 18.3. The summed E-state index contributed by atoms with van der Waals surface area (Å²) in [4.78, 5) is 1.16. The van der Waals surface area contributed by atoms with Gasteiger partial charge in [-0.2, -0.15) is 0 Å². The maximum Gasteiger partial charge on any atom is 0.143 e. The molecule has 3 heterocycles. The number of allylic oxidation sites excluding steroid dienone is 10. The van der Waals surface area contributed by atoms with E-state index in [1.165, 1.54) is 0 Å². The van der Waals surface area contributed by atoms with Crippen molar-refractivity contribution in [3.8, 4) is 11.1 Å². The third kappa shape index (κ3) is 5.23. The Morgan fingerprint density at radius 2 is 1.46 bits per heavy atom. The smallest absolute Gasteiger partial charge is 0.143 e. The van der Waals surface area contributed by atoms with Crippen molar-refractivity contribution < 1.29 is 9.15 Å².